The highest BCUT2D eigenvalue weighted by atomic mass is 32.2. The first-order valence-corrected chi connectivity index (χ1v) is 12.2. The summed E-state index contributed by atoms with van der Waals surface area (Å²) < 4.78 is 28.1. The van der Waals surface area contributed by atoms with Crippen LogP contribution >= 0.6 is 12.2 Å². The summed E-state index contributed by atoms with van der Waals surface area (Å²) in [4.78, 5) is 2.40. The van der Waals surface area contributed by atoms with E-state index in [9.17, 15) is 8.42 Å². The normalized spacial score (nSPS) is 23.2. The number of nitrogens with zero attached hydrogens (tertiary/aromatic N) is 4. The van der Waals surface area contributed by atoms with Crippen molar-refractivity contribution in [1.29, 1.82) is 0 Å². The number of hydrogen-bond donors (Lipinski definition) is 0. The first kappa shape index (κ1) is 19.8. The zero-order chi connectivity index (χ0) is 19.7. The van der Waals surface area contributed by atoms with Crippen molar-refractivity contribution in [3.05, 3.63) is 46.5 Å². The Kier molecular flexibility index (Phi) is 5.71. The number of piperidine rings is 1. The lowest BCUT2D eigenvalue weighted by Gasteiger charge is -2.31. The smallest absolute Gasteiger partial charge is 0.198 e. The molecule has 0 aliphatic carbocycles. The van der Waals surface area contributed by atoms with E-state index >= 15 is 0 Å². The molecule has 152 valence electrons. The molecule has 2 aromatic rings. The summed E-state index contributed by atoms with van der Waals surface area (Å²) in [5.41, 5.74) is 1.42. The Bertz CT molecular complexity index is 973. The van der Waals surface area contributed by atoms with Crippen LogP contribution in [0, 0.1) is 10.7 Å². The van der Waals surface area contributed by atoms with Crippen LogP contribution < -0.4 is 0 Å². The second kappa shape index (κ2) is 8.08. The number of sulfone groups is 1. The van der Waals surface area contributed by atoms with Crippen molar-refractivity contribution in [2.75, 3.05) is 24.6 Å². The van der Waals surface area contributed by atoms with Gasteiger partial charge in [-0.1, -0.05) is 30.3 Å². The molecule has 2 fully saturated rings. The van der Waals surface area contributed by atoms with E-state index in [-0.39, 0.29) is 17.4 Å². The summed E-state index contributed by atoms with van der Waals surface area (Å²) in [6.45, 7) is 2.77. The molecule has 1 atom stereocenters. The van der Waals surface area contributed by atoms with Gasteiger partial charge >= 0.3 is 0 Å². The lowest BCUT2D eigenvalue weighted by atomic mass is 9.90. The molecule has 1 unspecified atom stereocenters. The van der Waals surface area contributed by atoms with Crippen LogP contribution in [0.2, 0.25) is 0 Å². The summed E-state index contributed by atoms with van der Waals surface area (Å²) in [5, 5.41) is 4.71. The van der Waals surface area contributed by atoms with Crippen LogP contribution in [0.3, 0.4) is 0 Å². The Morgan fingerprint density at radius 2 is 1.86 bits per heavy atom. The summed E-state index contributed by atoms with van der Waals surface area (Å²) in [7, 11) is -1.03. The first-order chi connectivity index (χ1) is 13.4. The van der Waals surface area contributed by atoms with Gasteiger partial charge in [-0.25, -0.2) is 13.1 Å². The van der Waals surface area contributed by atoms with Gasteiger partial charge in [-0.2, -0.15) is 5.10 Å². The van der Waals surface area contributed by atoms with Crippen LogP contribution in [0.1, 0.15) is 36.6 Å². The molecule has 0 amide bonds. The summed E-state index contributed by atoms with van der Waals surface area (Å²) in [6, 6.07) is 10.7. The van der Waals surface area contributed by atoms with Crippen molar-refractivity contribution < 1.29 is 8.42 Å². The van der Waals surface area contributed by atoms with Crippen molar-refractivity contribution >= 4 is 22.1 Å². The summed E-state index contributed by atoms with van der Waals surface area (Å²) in [5.74, 6) is 1.96. The number of likely N-dealkylation sites (tertiary alicyclic amines) is 1. The molecule has 0 bridgehead atoms. The van der Waals surface area contributed by atoms with E-state index in [1.165, 1.54) is 18.4 Å². The average molecular weight is 421 g/mol. The number of aromatic nitrogens is 3. The molecule has 3 heterocycles. The molecule has 1 aromatic carbocycles. The van der Waals surface area contributed by atoms with E-state index in [0.29, 0.717) is 17.9 Å². The van der Waals surface area contributed by atoms with Crippen LogP contribution in [-0.2, 0) is 30.0 Å². The van der Waals surface area contributed by atoms with Crippen molar-refractivity contribution in [2.24, 2.45) is 13.0 Å². The molecule has 0 radical (unpaired) electrons. The Balaban J connectivity index is 1.37. The third kappa shape index (κ3) is 4.39. The van der Waals surface area contributed by atoms with E-state index in [1.807, 2.05) is 16.3 Å². The zero-order valence-corrected chi connectivity index (χ0v) is 18.0. The molecule has 2 aliphatic rings. The Labute approximate surface area is 172 Å². The lowest BCUT2D eigenvalue weighted by Crippen LogP contribution is -2.36. The maximum Gasteiger partial charge on any atom is 0.198 e. The first-order valence-electron chi connectivity index (χ1n) is 10.0. The van der Waals surface area contributed by atoms with Gasteiger partial charge in [0, 0.05) is 26.1 Å². The Morgan fingerprint density at radius 1 is 1.14 bits per heavy atom. The summed E-state index contributed by atoms with van der Waals surface area (Å²) in [6.07, 6.45) is 4.16. The molecular weight excluding hydrogens is 392 g/mol. The van der Waals surface area contributed by atoms with Crippen LogP contribution in [-0.4, -0.2) is 52.3 Å². The Morgan fingerprint density at radius 3 is 2.50 bits per heavy atom. The summed E-state index contributed by atoms with van der Waals surface area (Å²) >= 11 is 5.57. The van der Waals surface area contributed by atoms with Crippen molar-refractivity contribution in [3.63, 3.8) is 0 Å². The second-order valence-corrected chi connectivity index (χ2v) is 10.8. The molecular formula is C20H28N4O2S2. The Hall–Kier alpha value is -1.51. The largest absolute Gasteiger partial charge is 0.307 e. The third-order valence-corrected chi connectivity index (χ3v) is 8.33. The van der Waals surface area contributed by atoms with Crippen LogP contribution in [0.25, 0.3) is 0 Å². The van der Waals surface area contributed by atoms with Gasteiger partial charge < -0.3 is 4.57 Å². The van der Waals surface area contributed by atoms with E-state index in [1.54, 1.807) is 0 Å². The van der Waals surface area contributed by atoms with Crippen molar-refractivity contribution in [1.82, 2.24) is 19.2 Å². The topological polar surface area (TPSA) is 60.1 Å². The van der Waals surface area contributed by atoms with Gasteiger partial charge in [-0.05, 0) is 49.4 Å². The fraction of sp³-hybridized carbons (Fsp3) is 0.600. The van der Waals surface area contributed by atoms with E-state index in [0.717, 1.165) is 31.3 Å². The molecule has 8 heteroatoms. The van der Waals surface area contributed by atoms with Crippen LogP contribution in [0.4, 0.5) is 0 Å². The molecule has 1 aromatic heterocycles. The predicted octanol–water partition coefficient (Wildman–Crippen LogP) is 2.77. The molecule has 0 N–H and O–H groups in total. The molecule has 2 aliphatic heterocycles. The molecule has 6 nitrogen and oxygen atoms in total. The number of hydrogen-bond acceptors (Lipinski definition) is 5. The average Bonchev–Trinajstić information content (AvgIpc) is 3.18. The second-order valence-electron chi connectivity index (χ2n) is 8.19. The quantitative estimate of drug-likeness (QED) is 0.696. The molecule has 28 heavy (non-hydrogen) atoms. The number of benzene rings is 1. The highest BCUT2D eigenvalue weighted by Gasteiger charge is 2.32. The van der Waals surface area contributed by atoms with E-state index < -0.39 is 9.84 Å². The van der Waals surface area contributed by atoms with Gasteiger partial charge in [0.1, 0.15) is 5.82 Å². The van der Waals surface area contributed by atoms with E-state index in [4.69, 9.17) is 17.3 Å². The van der Waals surface area contributed by atoms with Crippen LogP contribution in [0.15, 0.2) is 30.3 Å². The fourth-order valence-electron chi connectivity index (χ4n) is 4.42. The molecule has 4 rings (SSSR count). The maximum absolute atomic E-state index is 11.8. The standard InChI is InChI=1S/C20H28N4O2S2/c1-22-19(18-9-12-28(25,26)14-18)21-24(20(22)27)15-23-10-7-17(8-11-23)13-16-5-3-2-4-6-16/h2-6,17-18H,7-15H2,1H3. The van der Waals surface area contributed by atoms with E-state index in [2.05, 4.69) is 35.2 Å². The minimum Gasteiger partial charge on any atom is -0.307 e. The van der Waals surface area contributed by atoms with Gasteiger partial charge in [-0.3, -0.25) is 4.90 Å². The molecule has 0 saturated carbocycles. The monoisotopic (exact) mass is 420 g/mol. The maximum atomic E-state index is 11.8. The van der Waals surface area contributed by atoms with Crippen molar-refractivity contribution in [3.8, 4) is 0 Å². The fourth-order valence-corrected chi connectivity index (χ4v) is 6.35. The minimum absolute atomic E-state index is 0.0328. The van der Waals surface area contributed by atoms with Gasteiger partial charge in [0.15, 0.2) is 14.6 Å². The van der Waals surface area contributed by atoms with Gasteiger partial charge in [-0.15, -0.1) is 0 Å². The molecule has 0 spiro atoms. The third-order valence-electron chi connectivity index (χ3n) is 6.08. The van der Waals surface area contributed by atoms with Gasteiger partial charge in [0.05, 0.1) is 18.2 Å². The molecule has 2 saturated heterocycles. The van der Waals surface area contributed by atoms with Crippen LogP contribution in [0.5, 0.6) is 0 Å². The highest BCUT2D eigenvalue weighted by molar-refractivity contribution is 7.91. The minimum atomic E-state index is -2.93. The predicted molar refractivity (Wildman–Crippen MR) is 112 cm³/mol. The zero-order valence-electron chi connectivity index (χ0n) is 16.3. The van der Waals surface area contributed by atoms with Gasteiger partial charge in [0.25, 0.3) is 0 Å². The van der Waals surface area contributed by atoms with Gasteiger partial charge in [0.2, 0.25) is 0 Å². The SMILES string of the molecule is Cn1c(C2CCS(=O)(=O)C2)nn(CN2CCC(Cc3ccccc3)CC2)c1=S. The highest BCUT2D eigenvalue weighted by Crippen LogP contribution is 2.28. The lowest BCUT2D eigenvalue weighted by molar-refractivity contribution is 0.139. The number of rotatable bonds is 5. The van der Waals surface area contributed by atoms with Crippen molar-refractivity contribution in [2.45, 2.75) is 38.3 Å².